The van der Waals surface area contributed by atoms with Gasteiger partial charge in [0.25, 0.3) is 5.91 Å². The van der Waals surface area contributed by atoms with Gasteiger partial charge in [-0.25, -0.2) is 17.5 Å². The fourth-order valence-electron chi connectivity index (χ4n) is 3.94. The molecule has 0 unspecified atom stereocenters. The molecule has 0 spiro atoms. The minimum absolute atomic E-state index is 0.0728. The van der Waals surface area contributed by atoms with Crippen molar-refractivity contribution in [3.8, 4) is 0 Å². The van der Waals surface area contributed by atoms with Gasteiger partial charge in [0.05, 0.1) is 24.1 Å². The standard InChI is InChI=1S/C24H26ClFN4O5S/c25-17-4-2-16(3-5-17)14-28-24(32)20-15-27-22-19(23(20)31)12-18(26)13-21(22)36(33,34)29-6-1-7-30-8-10-35-11-9-30/h2-5,12-13,15,29H,1,6-11,14H2,(H,27,31)(H,28,32). The van der Waals surface area contributed by atoms with Crippen LogP contribution in [0.1, 0.15) is 22.3 Å². The van der Waals surface area contributed by atoms with Gasteiger partial charge in [-0.05, 0) is 42.8 Å². The molecular formula is C24H26ClFN4O5S. The Hall–Kier alpha value is -2.83. The van der Waals surface area contributed by atoms with E-state index in [4.69, 9.17) is 16.3 Å². The van der Waals surface area contributed by atoms with Crippen LogP contribution in [-0.2, 0) is 21.3 Å². The molecule has 36 heavy (non-hydrogen) atoms. The molecule has 1 aromatic heterocycles. The summed E-state index contributed by atoms with van der Waals surface area (Å²) in [5, 5.41) is 2.94. The molecular weight excluding hydrogens is 511 g/mol. The third-order valence-corrected chi connectivity index (χ3v) is 7.60. The number of hydrogen-bond donors (Lipinski definition) is 3. The number of hydrogen-bond acceptors (Lipinski definition) is 6. The first-order chi connectivity index (χ1) is 17.2. The van der Waals surface area contributed by atoms with Crippen molar-refractivity contribution in [2.75, 3.05) is 39.4 Å². The van der Waals surface area contributed by atoms with Gasteiger partial charge in [-0.3, -0.25) is 14.5 Å². The molecule has 4 rings (SSSR count). The van der Waals surface area contributed by atoms with E-state index in [2.05, 4.69) is 19.9 Å². The van der Waals surface area contributed by atoms with Gasteiger partial charge in [-0.1, -0.05) is 23.7 Å². The van der Waals surface area contributed by atoms with E-state index in [-0.39, 0.29) is 29.6 Å². The molecule has 0 aliphatic carbocycles. The molecule has 9 nitrogen and oxygen atoms in total. The van der Waals surface area contributed by atoms with Crippen LogP contribution in [0.15, 0.2) is 52.3 Å². The lowest BCUT2D eigenvalue weighted by molar-refractivity contribution is 0.0376. The number of pyridine rings is 1. The normalized spacial score (nSPS) is 14.7. The second kappa shape index (κ2) is 11.5. The minimum Gasteiger partial charge on any atom is -0.379 e. The Balaban J connectivity index is 1.50. The molecule has 1 fully saturated rings. The monoisotopic (exact) mass is 536 g/mol. The average molecular weight is 537 g/mol. The summed E-state index contributed by atoms with van der Waals surface area (Å²) in [6.07, 6.45) is 1.69. The third kappa shape index (κ3) is 6.29. The number of ether oxygens (including phenoxy) is 1. The minimum atomic E-state index is -4.13. The number of aromatic amines is 1. The zero-order valence-corrected chi connectivity index (χ0v) is 20.9. The van der Waals surface area contributed by atoms with Crippen LogP contribution in [0.2, 0.25) is 5.02 Å². The Kier molecular flexibility index (Phi) is 8.37. The van der Waals surface area contributed by atoms with Gasteiger partial charge >= 0.3 is 0 Å². The summed E-state index contributed by atoms with van der Waals surface area (Å²) in [5.41, 5.74) is -0.343. The molecule has 3 aromatic rings. The molecule has 1 aliphatic rings. The predicted octanol–water partition coefficient (Wildman–Crippen LogP) is 2.25. The number of H-pyrrole nitrogens is 1. The van der Waals surface area contributed by atoms with Crippen LogP contribution in [-0.4, -0.2) is 63.6 Å². The molecule has 12 heteroatoms. The SMILES string of the molecule is O=C(NCc1ccc(Cl)cc1)c1c[nH]c2c(S(=O)(=O)NCCCN3CCOCC3)cc(F)cc2c1=O. The molecule has 3 N–H and O–H groups in total. The van der Waals surface area contributed by atoms with Crippen LogP contribution < -0.4 is 15.5 Å². The number of sulfonamides is 1. The highest BCUT2D eigenvalue weighted by Gasteiger charge is 2.22. The van der Waals surface area contributed by atoms with E-state index in [0.717, 1.165) is 37.0 Å². The van der Waals surface area contributed by atoms with Gasteiger partial charge in [0.2, 0.25) is 15.5 Å². The second-order valence-electron chi connectivity index (χ2n) is 8.37. The number of rotatable bonds is 9. The van der Waals surface area contributed by atoms with Crippen LogP contribution in [0.3, 0.4) is 0 Å². The van der Waals surface area contributed by atoms with E-state index < -0.39 is 32.1 Å². The number of carbonyl (C=O) groups excluding carboxylic acids is 1. The quantitative estimate of drug-likeness (QED) is 0.361. The molecule has 192 valence electrons. The van der Waals surface area contributed by atoms with Crippen molar-refractivity contribution in [1.29, 1.82) is 0 Å². The number of aromatic nitrogens is 1. The van der Waals surface area contributed by atoms with Crippen LogP contribution in [0.25, 0.3) is 10.9 Å². The Morgan fingerprint density at radius 3 is 2.61 bits per heavy atom. The highest BCUT2D eigenvalue weighted by molar-refractivity contribution is 7.89. The van der Waals surface area contributed by atoms with Gasteiger partial charge in [0, 0.05) is 37.4 Å². The van der Waals surface area contributed by atoms with Crippen molar-refractivity contribution >= 4 is 38.4 Å². The zero-order chi connectivity index (χ0) is 25.7. The fourth-order valence-corrected chi connectivity index (χ4v) is 5.34. The highest BCUT2D eigenvalue weighted by Crippen LogP contribution is 2.21. The van der Waals surface area contributed by atoms with Crippen molar-refractivity contribution in [3.05, 3.63) is 74.8 Å². The van der Waals surface area contributed by atoms with Gasteiger partial charge in [0.15, 0.2) is 0 Å². The summed E-state index contributed by atoms with van der Waals surface area (Å²) in [6.45, 7) is 3.86. The first-order valence-electron chi connectivity index (χ1n) is 11.4. The summed E-state index contributed by atoms with van der Waals surface area (Å²) >= 11 is 5.85. The number of carbonyl (C=O) groups is 1. The summed E-state index contributed by atoms with van der Waals surface area (Å²) in [7, 11) is -4.13. The lowest BCUT2D eigenvalue weighted by Crippen LogP contribution is -2.38. The lowest BCUT2D eigenvalue weighted by Gasteiger charge is -2.26. The third-order valence-electron chi connectivity index (χ3n) is 5.86. The molecule has 1 amide bonds. The van der Waals surface area contributed by atoms with Crippen LogP contribution >= 0.6 is 11.6 Å². The fraction of sp³-hybridized carbons (Fsp3) is 0.333. The number of amides is 1. The maximum atomic E-state index is 14.4. The van der Waals surface area contributed by atoms with Crippen molar-refractivity contribution < 1.29 is 22.3 Å². The van der Waals surface area contributed by atoms with Crippen molar-refractivity contribution in [2.24, 2.45) is 0 Å². The van der Waals surface area contributed by atoms with E-state index in [1.807, 2.05) is 0 Å². The molecule has 2 heterocycles. The van der Waals surface area contributed by atoms with E-state index in [9.17, 15) is 22.4 Å². The summed E-state index contributed by atoms with van der Waals surface area (Å²) in [6, 6.07) is 8.58. The molecule has 0 atom stereocenters. The van der Waals surface area contributed by atoms with E-state index >= 15 is 0 Å². The number of morpholine rings is 1. The van der Waals surface area contributed by atoms with Crippen molar-refractivity contribution in [1.82, 2.24) is 19.9 Å². The number of fused-ring (bicyclic) bond motifs is 1. The first-order valence-corrected chi connectivity index (χ1v) is 13.3. The smallest absolute Gasteiger partial charge is 0.257 e. The highest BCUT2D eigenvalue weighted by atomic mass is 35.5. The lowest BCUT2D eigenvalue weighted by atomic mass is 10.1. The Morgan fingerprint density at radius 1 is 1.17 bits per heavy atom. The maximum absolute atomic E-state index is 14.4. The average Bonchev–Trinajstić information content (AvgIpc) is 2.87. The van der Waals surface area contributed by atoms with E-state index in [1.54, 1.807) is 24.3 Å². The summed E-state index contributed by atoms with van der Waals surface area (Å²) in [5.74, 6) is -1.58. The number of nitrogens with zero attached hydrogens (tertiary/aromatic N) is 1. The Bertz CT molecular complexity index is 1410. The molecule has 0 radical (unpaired) electrons. The first kappa shape index (κ1) is 26.2. The van der Waals surface area contributed by atoms with Crippen molar-refractivity contribution in [2.45, 2.75) is 17.9 Å². The van der Waals surface area contributed by atoms with Gasteiger partial charge < -0.3 is 15.0 Å². The molecule has 0 bridgehead atoms. The number of benzene rings is 2. The van der Waals surface area contributed by atoms with Gasteiger partial charge in [0.1, 0.15) is 16.3 Å². The summed E-state index contributed by atoms with van der Waals surface area (Å²) in [4.78, 5) is 30.1. The maximum Gasteiger partial charge on any atom is 0.257 e. The van der Waals surface area contributed by atoms with Crippen molar-refractivity contribution in [3.63, 3.8) is 0 Å². The van der Waals surface area contributed by atoms with Gasteiger partial charge in [-0.2, -0.15) is 0 Å². The number of halogens is 2. The van der Waals surface area contributed by atoms with Crippen LogP contribution in [0.4, 0.5) is 4.39 Å². The van der Waals surface area contributed by atoms with Crippen LogP contribution in [0, 0.1) is 5.82 Å². The Morgan fingerprint density at radius 2 is 1.89 bits per heavy atom. The predicted molar refractivity (Wildman–Crippen MR) is 134 cm³/mol. The number of nitrogens with one attached hydrogen (secondary N) is 3. The second-order valence-corrected chi connectivity index (χ2v) is 10.5. The molecule has 1 aliphatic heterocycles. The zero-order valence-electron chi connectivity index (χ0n) is 19.4. The van der Waals surface area contributed by atoms with Crippen LogP contribution in [0.5, 0.6) is 0 Å². The molecule has 2 aromatic carbocycles. The van der Waals surface area contributed by atoms with E-state index in [1.165, 1.54) is 0 Å². The molecule has 1 saturated heterocycles. The largest absolute Gasteiger partial charge is 0.379 e. The van der Waals surface area contributed by atoms with E-state index in [0.29, 0.717) is 31.2 Å². The topological polar surface area (TPSA) is 121 Å². The molecule has 0 saturated carbocycles. The Labute approximate surface area is 212 Å². The summed E-state index contributed by atoms with van der Waals surface area (Å²) < 4.78 is 48.0. The van der Waals surface area contributed by atoms with Gasteiger partial charge in [-0.15, -0.1) is 0 Å².